The van der Waals surface area contributed by atoms with Gasteiger partial charge in [-0.3, -0.25) is 0 Å². The molecule has 3 N–H and O–H groups in total. The van der Waals surface area contributed by atoms with Crippen LogP contribution in [0.15, 0.2) is 54.6 Å². The molecule has 4 rings (SSSR count). The Labute approximate surface area is 168 Å². The average molecular weight is 393 g/mol. The molecule has 0 aliphatic heterocycles. The fourth-order valence-electron chi connectivity index (χ4n) is 2.97. The molecule has 0 saturated carbocycles. The molecule has 0 amide bonds. The van der Waals surface area contributed by atoms with Crippen LogP contribution in [0.4, 0.5) is 11.8 Å². The van der Waals surface area contributed by atoms with Gasteiger partial charge in [0, 0.05) is 17.1 Å². The van der Waals surface area contributed by atoms with Gasteiger partial charge in [-0.1, -0.05) is 55.8 Å². The third kappa shape index (κ3) is 3.51. The maximum atomic E-state index is 6.49. The molecule has 0 fully saturated rings. The lowest BCUT2D eigenvalue weighted by molar-refractivity contribution is 0.685. The quantitative estimate of drug-likeness (QED) is 0.510. The summed E-state index contributed by atoms with van der Waals surface area (Å²) in [5, 5.41) is 9.33. The van der Waals surface area contributed by atoms with Gasteiger partial charge in [-0.25, -0.2) is 9.67 Å². The molecule has 0 saturated heterocycles. The van der Waals surface area contributed by atoms with E-state index < -0.39 is 0 Å². The van der Waals surface area contributed by atoms with E-state index in [0.717, 1.165) is 28.9 Å². The molecule has 0 spiro atoms. The predicted octanol–water partition coefficient (Wildman–Crippen LogP) is 4.79. The molecular formula is C21H21ClN6. The molecule has 0 unspecified atom stereocenters. The average Bonchev–Trinajstić information content (AvgIpc) is 3.04. The van der Waals surface area contributed by atoms with Crippen LogP contribution in [-0.4, -0.2) is 26.3 Å². The summed E-state index contributed by atoms with van der Waals surface area (Å²) in [6.45, 7) is 5.03. The van der Waals surface area contributed by atoms with Crippen molar-refractivity contribution in [3.63, 3.8) is 0 Å². The van der Waals surface area contributed by atoms with Crippen LogP contribution in [0.3, 0.4) is 0 Å². The van der Waals surface area contributed by atoms with Crippen LogP contribution in [0.5, 0.6) is 0 Å². The van der Waals surface area contributed by atoms with Crippen molar-refractivity contribution < 1.29 is 0 Å². The molecule has 142 valence electrons. The van der Waals surface area contributed by atoms with Crippen LogP contribution in [-0.2, 0) is 0 Å². The maximum absolute atomic E-state index is 6.49. The molecular weight excluding hydrogens is 372 g/mol. The van der Waals surface area contributed by atoms with Gasteiger partial charge in [-0.2, -0.15) is 4.98 Å². The van der Waals surface area contributed by atoms with Gasteiger partial charge in [-0.15, -0.1) is 5.10 Å². The first-order valence-corrected chi connectivity index (χ1v) is 9.52. The van der Waals surface area contributed by atoms with E-state index in [1.54, 1.807) is 4.68 Å². The Kier molecular flexibility index (Phi) is 4.88. The summed E-state index contributed by atoms with van der Waals surface area (Å²) >= 11 is 6.06. The molecule has 0 aliphatic carbocycles. The third-order valence-corrected chi connectivity index (χ3v) is 4.61. The summed E-state index contributed by atoms with van der Waals surface area (Å²) in [5.41, 5.74) is 9.54. The Morgan fingerprint density at radius 3 is 2.43 bits per heavy atom. The first-order valence-electron chi connectivity index (χ1n) is 9.14. The number of aromatic nitrogens is 4. The second kappa shape index (κ2) is 7.48. The summed E-state index contributed by atoms with van der Waals surface area (Å²) in [5.74, 6) is 1.50. The fourth-order valence-corrected chi connectivity index (χ4v) is 3.09. The van der Waals surface area contributed by atoms with Crippen molar-refractivity contribution in [1.29, 1.82) is 0 Å². The van der Waals surface area contributed by atoms with Crippen LogP contribution >= 0.6 is 11.6 Å². The van der Waals surface area contributed by atoms with Crippen LogP contribution < -0.4 is 11.1 Å². The van der Waals surface area contributed by atoms with Crippen molar-refractivity contribution in [3.05, 3.63) is 59.6 Å². The van der Waals surface area contributed by atoms with Gasteiger partial charge < -0.3 is 11.1 Å². The zero-order chi connectivity index (χ0) is 19.7. The lowest BCUT2D eigenvalue weighted by Gasteiger charge is -2.10. The second-order valence-electron chi connectivity index (χ2n) is 7.01. The number of nitrogen functional groups attached to an aromatic ring is 1. The molecule has 0 aliphatic rings. The molecule has 2 heterocycles. The Morgan fingerprint density at radius 2 is 1.75 bits per heavy atom. The highest BCUT2D eigenvalue weighted by atomic mass is 35.5. The zero-order valence-corrected chi connectivity index (χ0v) is 16.5. The normalized spacial score (nSPS) is 11.3. The molecule has 2 aromatic heterocycles. The number of benzene rings is 2. The first-order chi connectivity index (χ1) is 13.5. The van der Waals surface area contributed by atoms with Crippen LogP contribution in [0.25, 0.3) is 28.0 Å². The van der Waals surface area contributed by atoms with Gasteiger partial charge >= 0.3 is 0 Å². The smallest absolute Gasteiger partial charge is 0.225 e. The van der Waals surface area contributed by atoms with E-state index in [2.05, 4.69) is 29.2 Å². The lowest BCUT2D eigenvalue weighted by atomic mass is 10.1. The van der Waals surface area contributed by atoms with Crippen LogP contribution in [0.1, 0.15) is 13.8 Å². The maximum Gasteiger partial charge on any atom is 0.225 e. The first kappa shape index (κ1) is 18.3. The molecule has 2 aromatic carbocycles. The number of nitrogens with zero attached hydrogens (tertiary/aromatic N) is 4. The monoisotopic (exact) mass is 392 g/mol. The minimum atomic E-state index is 0.463. The number of nitrogens with two attached hydrogens (primary N) is 1. The van der Waals surface area contributed by atoms with Gasteiger partial charge in [0.05, 0.1) is 16.8 Å². The number of hydrogen-bond donors (Lipinski definition) is 2. The number of anilines is 2. The van der Waals surface area contributed by atoms with Gasteiger partial charge in [0.2, 0.25) is 5.95 Å². The van der Waals surface area contributed by atoms with E-state index >= 15 is 0 Å². The Hall–Kier alpha value is -3.12. The summed E-state index contributed by atoms with van der Waals surface area (Å²) in [7, 11) is 0. The highest BCUT2D eigenvalue weighted by Gasteiger charge is 2.19. The van der Waals surface area contributed by atoms with Crippen molar-refractivity contribution in [1.82, 2.24) is 19.7 Å². The number of nitrogens with one attached hydrogen (secondary N) is 1. The number of rotatable bonds is 5. The van der Waals surface area contributed by atoms with Gasteiger partial charge in [-0.05, 0) is 30.2 Å². The van der Waals surface area contributed by atoms with Crippen molar-refractivity contribution in [2.24, 2.45) is 5.92 Å². The second-order valence-corrected chi connectivity index (χ2v) is 7.45. The fraction of sp³-hybridized carbons (Fsp3) is 0.190. The predicted molar refractivity (Wildman–Crippen MR) is 115 cm³/mol. The Morgan fingerprint density at radius 1 is 1.04 bits per heavy atom. The van der Waals surface area contributed by atoms with E-state index in [-0.39, 0.29) is 0 Å². The topological polar surface area (TPSA) is 81.6 Å². The highest BCUT2D eigenvalue weighted by molar-refractivity contribution is 6.30. The van der Waals surface area contributed by atoms with Gasteiger partial charge in [0.15, 0.2) is 5.65 Å². The SMILES string of the molecule is CC(C)CNc1nc(-c2ccc(Cl)cc2)c2c(N)n(-c3ccccc3)nc2n1. The van der Waals surface area contributed by atoms with E-state index in [1.165, 1.54) is 0 Å². The van der Waals surface area contributed by atoms with E-state index in [1.807, 2.05) is 54.6 Å². The molecule has 7 heteroatoms. The standard InChI is InChI=1S/C21H21ClN6/c1-13(2)12-24-21-25-18(14-8-10-15(22)11-9-14)17-19(23)28(27-20(17)26-21)16-6-4-3-5-7-16/h3-11,13H,12,23H2,1-2H3,(H,24,26,27). The number of halogens is 1. The minimum absolute atomic E-state index is 0.463. The summed E-state index contributed by atoms with van der Waals surface area (Å²) in [6.07, 6.45) is 0. The summed E-state index contributed by atoms with van der Waals surface area (Å²) in [6, 6.07) is 17.3. The number of hydrogen-bond acceptors (Lipinski definition) is 5. The molecule has 0 atom stereocenters. The van der Waals surface area contributed by atoms with Crippen molar-refractivity contribution in [2.75, 3.05) is 17.6 Å². The molecule has 4 aromatic rings. The van der Waals surface area contributed by atoms with E-state index in [9.17, 15) is 0 Å². The Bertz CT molecular complexity index is 1100. The van der Waals surface area contributed by atoms with Crippen molar-refractivity contribution >= 4 is 34.4 Å². The van der Waals surface area contributed by atoms with Crippen LogP contribution in [0, 0.1) is 5.92 Å². The van der Waals surface area contributed by atoms with Crippen molar-refractivity contribution in [2.45, 2.75) is 13.8 Å². The van der Waals surface area contributed by atoms with E-state index in [0.29, 0.717) is 28.4 Å². The minimum Gasteiger partial charge on any atom is -0.383 e. The van der Waals surface area contributed by atoms with Crippen LogP contribution in [0.2, 0.25) is 5.02 Å². The third-order valence-electron chi connectivity index (χ3n) is 4.36. The molecule has 0 radical (unpaired) electrons. The summed E-state index contributed by atoms with van der Waals surface area (Å²) < 4.78 is 1.70. The number of para-hydroxylation sites is 1. The van der Waals surface area contributed by atoms with Crippen molar-refractivity contribution in [3.8, 4) is 16.9 Å². The van der Waals surface area contributed by atoms with Gasteiger partial charge in [0.25, 0.3) is 0 Å². The highest BCUT2D eigenvalue weighted by Crippen LogP contribution is 2.33. The largest absolute Gasteiger partial charge is 0.383 e. The summed E-state index contributed by atoms with van der Waals surface area (Å²) in [4.78, 5) is 9.34. The van der Waals surface area contributed by atoms with Gasteiger partial charge in [0.1, 0.15) is 5.82 Å². The number of fused-ring (bicyclic) bond motifs is 1. The Balaban J connectivity index is 1.93. The zero-order valence-electron chi connectivity index (χ0n) is 15.7. The molecule has 6 nitrogen and oxygen atoms in total. The van der Waals surface area contributed by atoms with E-state index in [4.69, 9.17) is 22.3 Å². The molecule has 28 heavy (non-hydrogen) atoms. The lowest BCUT2D eigenvalue weighted by Crippen LogP contribution is -2.11. The molecule has 0 bridgehead atoms.